The number of nitrogens with zero attached hydrogens (tertiary/aromatic N) is 1. The normalized spacial score (nSPS) is 17.5. The summed E-state index contributed by atoms with van der Waals surface area (Å²) < 4.78 is 17.6. The van der Waals surface area contributed by atoms with E-state index in [0.29, 0.717) is 11.8 Å². The Morgan fingerprint density at radius 2 is 2.08 bits per heavy atom. The number of benzene rings is 2. The lowest BCUT2D eigenvalue weighted by molar-refractivity contribution is 0.202. The predicted molar refractivity (Wildman–Crippen MR) is 108 cm³/mol. The second-order valence-corrected chi connectivity index (χ2v) is 9.65. The topological polar surface area (TPSA) is 49.8 Å². The molecule has 4 nitrogen and oxygen atoms in total. The second-order valence-electron chi connectivity index (χ2n) is 7.20. The molecule has 0 spiro atoms. The second kappa shape index (κ2) is 7.33. The first-order valence-electron chi connectivity index (χ1n) is 8.82. The summed E-state index contributed by atoms with van der Waals surface area (Å²) in [6.07, 6.45) is 3.63. The lowest BCUT2D eigenvalue weighted by Gasteiger charge is -2.24. The quantitative estimate of drug-likeness (QED) is 0.788. The summed E-state index contributed by atoms with van der Waals surface area (Å²) in [5.74, 6) is 4.55. The van der Waals surface area contributed by atoms with Crippen LogP contribution in [0.2, 0.25) is 0 Å². The minimum Gasteiger partial charge on any atom is -0.504 e. The van der Waals surface area contributed by atoms with Crippen molar-refractivity contribution in [2.75, 3.05) is 13.4 Å². The molecule has 1 N–H and O–H groups in total. The van der Waals surface area contributed by atoms with Gasteiger partial charge in [0.2, 0.25) is 0 Å². The third kappa shape index (κ3) is 3.89. The molecule has 0 saturated carbocycles. The Morgan fingerprint density at radius 3 is 2.77 bits per heavy atom. The van der Waals surface area contributed by atoms with E-state index in [0.717, 1.165) is 36.4 Å². The van der Waals surface area contributed by atoms with Gasteiger partial charge in [0.25, 0.3) is 0 Å². The number of phenols is 1. The third-order valence-corrected chi connectivity index (χ3v) is 6.46. The van der Waals surface area contributed by atoms with Crippen LogP contribution in [-0.4, -0.2) is 39.5 Å². The van der Waals surface area contributed by atoms with Crippen LogP contribution in [0.5, 0.6) is 11.5 Å². The van der Waals surface area contributed by atoms with E-state index in [4.69, 9.17) is 4.74 Å². The average molecular weight is 374 g/mol. The number of methoxy groups -OCH3 is 1. The molecule has 1 heterocycles. The number of fused-ring (bicyclic) bond motifs is 1. The third-order valence-electron chi connectivity index (χ3n) is 5.15. The molecule has 0 bridgehead atoms. The summed E-state index contributed by atoms with van der Waals surface area (Å²) in [5.41, 5.74) is 3.60. The monoisotopic (exact) mass is 373 g/mol. The first-order valence-corrected chi connectivity index (χ1v) is 11.0. The molecule has 140 valence electrons. The minimum atomic E-state index is -2.21. The maximum Gasteiger partial charge on any atom is 0.160 e. The van der Waals surface area contributed by atoms with E-state index in [1.165, 1.54) is 11.1 Å². The van der Waals surface area contributed by atoms with Gasteiger partial charge in [0.05, 0.1) is 7.11 Å². The molecule has 2 atom stereocenters. The van der Waals surface area contributed by atoms with Crippen molar-refractivity contribution < 1.29 is 14.1 Å². The molecule has 0 aromatic heterocycles. The first-order chi connectivity index (χ1) is 12.3. The maximum absolute atomic E-state index is 12.5. The maximum atomic E-state index is 12.5. The molecule has 5 heteroatoms. The number of aromatic hydroxyl groups is 1. The van der Waals surface area contributed by atoms with Gasteiger partial charge in [0.15, 0.2) is 11.5 Å². The van der Waals surface area contributed by atoms with Crippen LogP contribution >= 0.6 is 0 Å². The Hall–Kier alpha value is -1.98. The summed E-state index contributed by atoms with van der Waals surface area (Å²) in [6, 6.07) is 12.0. The van der Waals surface area contributed by atoms with Gasteiger partial charge in [-0.3, -0.25) is 9.11 Å². The van der Waals surface area contributed by atoms with E-state index in [1.807, 2.05) is 24.3 Å². The molecular formula is C21H27NO3S. The zero-order valence-electron chi connectivity index (χ0n) is 15.7. The van der Waals surface area contributed by atoms with Crippen molar-refractivity contribution >= 4 is 15.4 Å². The van der Waals surface area contributed by atoms with Crippen molar-refractivity contribution in [3.8, 4) is 11.5 Å². The van der Waals surface area contributed by atoms with Crippen molar-refractivity contribution in [3.63, 3.8) is 0 Å². The van der Waals surface area contributed by atoms with Crippen molar-refractivity contribution in [1.29, 1.82) is 0 Å². The molecule has 1 aliphatic heterocycles. The van der Waals surface area contributed by atoms with Crippen LogP contribution < -0.4 is 4.74 Å². The Kier molecular flexibility index (Phi) is 5.30. The van der Waals surface area contributed by atoms with Gasteiger partial charge in [-0.15, -0.1) is 0 Å². The summed E-state index contributed by atoms with van der Waals surface area (Å²) in [7, 11) is -0.644. The van der Waals surface area contributed by atoms with E-state index in [1.54, 1.807) is 19.4 Å². The standard InChI is InChI=1S/C21H27NO3S/c1-15(8-9-16-10-11-19(23)20(12-16)25-2)22-13-17-6-5-7-21(18(17)14-22)26(3,4)24/h5-7,10-12,15,23H,3,8-9,13-14H2,1-2,4H3/t15-,26?/m1/s1. The van der Waals surface area contributed by atoms with Crippen LogP contribution in [0.15, 0.2) is 41.3 Å². The molecule has 2 aromatic rings. The largest absolute Gasteiger partial charge is 0.504 e. The van der Waals surface area contributed by atoms with Gasteiger partial charge in [0, 0.05) is 30.3 Å². The van der Waals surface area contributed by atoms with Crippen molar-refractivity contribution in [2.45, 2.75) is 43.8 Å². The minimum absolute atomic E-state index is 0.170. The number of phenolic OH excluding ortho intramolecular Hbond substituents is 1. The van der Waals surface area contributed by atoms with Gasteiger partial charge in [-0.1, -0.05) is 18.2 Å². The van der Waals surface area contributed by atoms with Crippen LogP contribution in [0.25, 0.3) is 0 Å². The fourth-order valence-electron chi connectivity index (χ4n) is 3.57. The van der Waals surface area contributed by atoms with Crippen LogP contribution in [-0.2, 0) is 29.0 Å². The SMILES string of the molecule is C=S(C)(=O)c1cccc2c1CN([C@H](C)CCc1ccc(O)c(OC)c1)C2. The smallest absolute Gasteiger partial charge is 0.160 e. The number of rotatable bonds is 6. The zero-order valence-corrected chi connectivity index (χ0v) is 16.5. The van der Waals surface area contributed by atoms with Crippen LogP contribution in [0.1, 0.15) is 30.0 Å². The zero-order chi connectivity index (χ0) is 18.9. The van der Waals surface area contributed by atoms with Crippen LogP contribution in [0.4, 0.5) is 0 Å². The number of ether oxygens (including phenoxy) is 1. The van der Waals surface area contributed by atoms with E-state index >= 15 is 0 Å². The number of hydrogen-bond acceptors (Lipinski definition) is 4. The molecule has 1 aliphatic rings. The van der Waals surface area contributed by atoms with E-state index in [9.17, 15) is 9.32 Å². The fraction of sp³-hybridized carbons (Fsp3) is 0.381. The number of aryl methyl sites for hydroxylation is 1. The van der Waals surface area contributed by atoms with E-state index in [-0.39, 0.29) is 5.75 Å². The summed E-state index contributed by atoms with van der Waals surface area (Å²) in [4.78, 5) is 3.32. The molecule has 3 rings (SSSR count). The lowest BCUT2D eigenvalue weighted by atomic mass is 10.0. The highest BCUT2D eigenvalue weighted by Crippen LogP contribution is 2.31. The molecule has 26 heavy (non-hydrogen) atoms. The fourth-order valence-corrected chi connectivity index (χ4v) is 4.65. The molecule has 0 saturated heterocycles. The Morgan fingerprint density at radius 1 is 1.31 bits per heavy atom. The van der Waals surface area contributed by atoms with Crippen molar-refractivity contribution in [3.05, 3.63) is 53.1 Å². The summed E-state index contributed by atoms with van der Waals surface area (Å²) in [5, 5.41) is 9.71. The summed E-state index contributed by atoms with van der Waals surface area (Å²) in [6.45, 7) is 3.95. The van der Waals surface area contributed by atoms with Gasteiger partial charge >= 0.3 is 0 Å². The molecule has 0 aliphatic carbocycles. The van der Waals surface area contributed by atoms with Gasteiger partial charge in [-0.2, -0.15) is 0 Å². The Balaban J connectivity index is 1.68. The van der Waals surface area contributed by atoms with Gasteiger partial charge in [-0.05, 0) is 70.0 Å². The predicted octanol–water partition coefficient (Wildman–Crippen LogP) is 3.44. The number of hydrogen-bond donors (Lipinski definition) is 1. The lowest BCUT2D eigenvalue weighted by Crippen LogP contribution is -2.28. The van der Waals surface area contributed by atoms with Crippen LogP contribution in [0, 0.1) is 0 Å². The van der Waals surface area contributed by atoms with Gasteiger partial charge in [-0.25, -0.2) is 0 Å². The van der Waals surface area contributed by atoms with E-state index < -0.39 is 9.52 Å². The van der Waals surface area contributed by atoms with Crippen molar-refractivity contribution in [1.82, 2.24) is 4.90 Å². The molecule has 1 unspecified atom stereocenters. The Bertz CT molecular complexity index is 905. The molecule has 0 radical (unpaired) electrons. The summed E-state index contributed by atoms with van der Waals surface area (Å²) >= 11 is 0. The van der Waals surface area contributed by atoms with E-state index in [2.05, 4.69) is 23.8 Å². The van der Waals surface area contributed by atoms with Crippen LogP contribution in [0.3, 0.4) is 0 Å². The highest BCUT2D eigenvalue weighted by molar-refractivity contribution is 7.99. The molecule has 2 aromatic carbocycles. The molecule has 0 fully saturated rings. The highest BCUT2D eigenvalue weighted by Gasteiger charge is 2.26. The first kappa shape index (κ1) is 18.8. The highest BCUT2D eigenvalue weighted by atomic mass is 32.2. The van der Waals surface area contributed by atoms with Gasteiger partial charge in [0.1, 0.15) is 0 Å². The van der Waals surface area contributed by atoms with Gasteiger partial charge < -0.3 is 9.84 Å². The average Bonchev–Trinajstić information content (AvgIpc) is 3.04. The van der Waals surface area contributed by atoms with Crippen molar-refractivity contribution in [2.24, 2.45) is 0 Å². The molecular weight excluding hydrogens is 346 g/mol. The Labute approximate surface area is 156 Å². The molecule has 0 amide bonds.